The van der Waals surface area contributed by atoms with E-state index in [-0.39, 0.29) is 5.25 Å². The quantitative estimate of drug-likeness (QED) is 0.811. The molecule has 0 radical (unpaired) electrons. The van der Waals surface area contributed by atoms with Crippen LogP contribution >= 0.6 is 12.6 Å². The molecular formula is C13H20N2S. The average molecular weight is 236 g/mol. The Morgan fingerprint density at radius 1 is 1.56 bits per heavy atom. The van der Waals surface area contributed by atoms with Crippen LogP contribution in [-0.2, 0) is 0 Å². The smallest absolute Gasteiger partial charge is 0.0531 e. The molecule has 1 aliphatic heterocycles. The lowest BCUT2D eigenvalue weighted by Crippen LogP contribution is -2.17. The minimum absolute atomic E-state index is 0.273. The number of hydrogen-bond donors (Lipinski definition) is 1. The summed E-state index contributed by atoms with van der Waals surface area (Å²) in [6.07, 6.45) is 5.61. The number of hydrogen-bond acceptors (Lipinski definition) is 3. The van der Waals surface area contributed by atoms with Crippen molar-refractivity contribution in [2.45, 2.75) is 37.5 Å². The lowest BCUT2D eigenvalue weighted by atomic mass is 10.1. The molecule has 2 atom stereocenters. The highest BCUT2D eigenvalue weighted by Gasteiger charge is 2.22. The first kappa shape index (κ1) is 11.9. The average Bonchev–Trinajstić information content (AvgIpc) is 2.75. The monoisotopic (exact) mass is 236 g/mol. The van der Waals surface area contributed by atoms with Gasteiger partial charge in [0.15, 0.2) is 0 Å². The molecule has 1 unspecified atom stereocenters. The molecule has 0 bridgehead atoms. The number of nitrogens with zero attached hydrogens (tertiary/aromatic N) is 2. The topological polar surface area (TPSA) is 16.1 Å². The maximum absolute atomic E-state index is 4.53. The van der Waals surface area contributed by atoms with Crippen LogP contribution in [0.3, 0.4) is 0 Å². The fourth-order valence-electron chi connectivity index (χ4n) is 2.35. The summed E-state index contributed by atoms with van der Waals surface area (Å²) in [4.78, 5) is 6.94. The summed E-state index contributed by atoms with van der Waals surface area (Å²) in [5.41, 5.74) is 2.44. The fraction of sp³-hybridized carbons (Fsp3) is 0.615. The van der Waals surface area contributed by atoms with E-state index in [2.05, 4.69) is 48.6 Å². The largest absolute Gasteiger partial charge is 0.299 e. The zero-order chi connectivity index (χ0) is 11.5. The molecule has 0 aromatic carbocycles. The first-order valence-electron chi connectivity index (χ1n) is 6.06. The molecule has 3 heteroatoms. The Kier molecular flexibility index (Phi) is 3.87. The van der Waals surface area contributed by atoms with E-state index in [0.717, 1.165) is 12.1 Å². The number of thiol groups is 1. The molecule has 1 aliphatic rings. The van der Waals surface area contributed by atoms with Gasteiger partial charge in [-0.1, -0.05) is 13.0 Å². The van der Waals surface area contributed by atoms with Crippen molar-refractivity contribution in [3.8, 4) is 0 Å². The molecule has 0 spiro atoms. The molecule has 1 aromatic rings. The van der Waals surface area contributed by atoms with Gasteiger partial charge in [-0.25, -0.2) is 0 Å². The first-order chi connectivity index (χ1) is 7.72. The number of pyridine rings is 1. The van der Waals surface area contributed by atoms with Crippen molar-refractivity contribution < 1.29 is 0 Å². The first-order valence-corrected chi connectivity index (χ1v) is 6.58. The highest BCUT2D eigenvalue weighted by molar-refractivity contribution is 7.80. The molecule has 0 amide bonds. The van der Waals surface area contributed by atoms with Gasteiger partial charge in [-0.05, 0) is 44.5 Å². The van der Waals surface area contributed by atoms with Crippen LogP contribution < -0.4 is 0 Å². The Bertz CT molecular complexity index is 336. The van der Waals surface area contributed by atoms with E-state index in [1.807, 2.05) is 6.20 Å². The van der Waals surface area contributed by atoms with Crippen LogP contribution in [0.1, 0.15) is 48.7 Å². The van der Waals surface area contributed by atoms with E-state index >= 15 is 0 Å². The van der Waals surface area contributed by atoms with Crippen LogP contribution in [0.25, 0.3) is 0 Å². The third-order valence-corrected chi connectivity index (χ3v) is 4.07. The number of aromatic nitrogens is 1. The third-order valence-electron chi connectivity index (χ3n) is 3.44. The lowest BCUT2D eigenvalue weighted by molar-refractivity contribution is 0.317. The van der Waals surface area contributed by atoms with Crippen LogP contribution in [0.4, 0.5) is 0 Å². The van der Waals surface area contributed by atoms with Crippen molar-refractivity contribution in [1.29, 1.82) is 0 Å². The normalized spacial score (nSPS) is 23.6. The summed E-state index contributed by atoms with van der Waals surface area (Å²) in [7, 11) is 2.19. The molecule has 0 saturated carbocycles. The van der Waals surface area contributed by atoms with Gasteiger partial charge in [0.05, 0.1) is 5.69 Å². The molecule has 2 rings (SSSR count). The predicted octanol–water partition coefficient (Wildman–Crippen LogP) is 3.23. The van der Waals surface area contributed by atoms with Gasteiger partial charge in [0, 0.05) is 17.5 Å². The van der Waals surface area contributed by atoms with E-state index in [9.17, 15) is 0 Å². The molecule has 16 heavy (non-hydrogen) atoms. The molecular weight excluding hydrogens is 216 g/mol. The summed E-state index contributed by atoms with van der Waals surface area (Å²) in [6.45, 7) is 3.34. The van der Waals surface area contributed by atoms with Crippen molar-refractivity contribution in [2.24, 2.45) is 0 Å². The van der Waals surface area contributed by atoms with Crippen LogP contribution in [0.5, 0.6) is 0 Å². The Balaban J connectivity index is 2.12. The lowest BCUT2D eigenvalue weighted by Gasteiger charge is -2.19. The molecule has 1 saturated heterocycles. The van der Waals surface area contributed by atoms with Gasteiger partial charge in [0.25, 0.3) is 0 Å². The third kappa shape index (κ3) is 2.41. The van der Waals surface area contributed by atoms with Gasteiger partial charge < -0.3 is 0 Å². The van der Waals surface area contributed by atoms with Gasteiger partial charge >= 0.3 is 0 Å². The van der Waals surface area contributed by atoms with Gasteiger partial charge in [-0.2, -0.15) is 12.6 Å². The zero-order valence-corrected chi connectivity index (χ0v) is 11.0. The summed E-state index contributed by atoms with van der Waals surface area (Å²) in [6, 6.07) is 4.91. The molecule has 0 N–H and O–H groups in total. The summed E-state index contributed by atoms with van der Waals surface area (Å²) >= 11 is 4.51. The molecule has 1 aromatic heterocycles. The Morgan fingerprint density at radius 2 is 2.38 bits per heavy atom. The second kappa shape index (κ2) is 5.19. The summed E-state index contributed by atoms with van der Waals surface area (Å²) in [5.74, 6) is 0. The molecule has 1 fully saturated rings. The molecule has 0 aliphatic carbocycles. The Hall–Kier alpha value is -0.540. The van der Waals surface area contributed by atoms with Crippen LogP contribution in [-0.4, -0.2) is 23.5 Å². The predicted molar refractivity (Wildman–Crippen MR) is 70.9 cm³/mol. The second-order valence-corrected chi connectivity index (χ2v) is 5.20. The van der Waals surface area contributed by atoms with E-state index in [1.54, 1.807) is 0 Å². The zero-order valence-electron chi connectivity index (χ0n) is 10.1. The minimum atomic E-state index is 0.273. The molecule has 2 nitrogen and oxygen atoms in total. The van der Waals surface area contributed by atoms with Gasteiger partial charge in [-0.15, -0.1) is 0 Å². The Labute approximate surface area is 103 Å². The highest BCUT2D eigenvalue weighted by atomic mass is 32.1. The minimum Gasteiger partial charge on any atom is -0.299 e. The standard InChI is InChI=1S/C13H20N2S/c1-3-13(16)11-7-6-10(9-14-11)12-5-4-8-15(12)2/h6-7,9,12-13,16H,3-5,8H2,1-2H3/t12-,13?/m0/s1. The fourth-order valence-corrected chi connectivity index (χ4v) is 2.50. The van der Waals surface area contributed by atoms with Crippen LogP contribution in [0.15, 0.2) is 18.3 Å². The second-order valence-electron chi connectivity index (χ2n) is 4.58. The van der Waals surface area contributed by atoms with Crippen LogP contribution in [0.2, 0.25) is 0 Å². The molecule has 88 valence electrons. The number of likely N-dealkylation sites (tertiary alicyclic amines) is 1. The van der Waals surface area contributed by atoms with E-state index in [0.29, 0.717) is 6.04 Å². The summed E-state index contributed by atoms with van der Waals surface area (Å²) in [5, 5.41) is 0.273. The van der Waals surface area contributed by atoms with E-state index in [1.165, 1.54) is 24.9 Å². The van der Waals surface area contributed by atoms with Gasteiger partial charge in [0.1, 0.15) is 0 Å². The van der Waals surface area contributed by atoms with Crippen molar-refractivity contribution in [3.05, 3.63) is 29.6 Å². The van der Waals surface area contributed by atoms with Crippen molar-refractivity contribution in [3.63, 3.8) is 0 Å². The van der Waals surface area contributed by atoms with E-state index in [4.69, 9.17) is 0 Å². The van der Waals surface area contributed by atoms with Crippen molar-refractivity contribution >= 4 is 12.6 Å². The maximum Gasteiger partial charge on any atom is 0.0531 e. The summed E-state index contributed by atoms with van der Waals surface area (Å²) < 4.78 is 0. The van der Waals surface area contributed by atoms with E-state index < -0.39 is 0 Å². The molecule has 2 heterocycles. The Morgan fingerprint density at radius 3 is 2.88 bits per heavy atom. The number of rotatable bonds is 3. The van der Waals surface area contributed by atoms with Crippen molar-refractivity contribution in [2.75, 3.05) is 13.6 Å². The highest BCUT2D eigenvalue weighted by Crippen LogP contribution is 2.30. The SMILES string of the molecule is CCC(S)c1ccc([C@@H]2CCCN2C)cn1. The van der Waals surface area contributed by atoms with Crippen LogP contribution in [0, 0.1) is 0 Å². The van der Waals surface area contributed by atoms with Crippen molar-refractivity contribution in [1.82, 2.24) is 9.88 Å². The van der Waals surface area contributed by atoms with Gasteiger partial charge in [-0.3, -0.25) is 9.88 Å². The maximum atomic E-state index is 4.53. The van der Waals surface area contributed by atoms with Gasteiger partial charge in [0.2, 0.25) is 0 Å².